The molecule has 0 saturated heterocycles. The summed E-state index contributed by atoms with van der Waals surface area (Å²) >= 11 is 12.0. The summed E-state index contributed by atoms with van der Waals surface area (Å²) in [5.74, 6) is -0.429. The van der Waals surface area contributed by atoms with E-state index in [-0.39, 0.29) is 6.42 Å². The molecule has 1 unspecified atom stereocenters. The first-order valence-electron chi connectivity index (χ1n) is 4.96. The van der Waals surface area contributed by atoms with Gasteiger partial charge in [0.1, 0.15) is 5.75 Å². The lowest BCUT2D eigenvalue weighted by molar-refractivity contribution is -0.137. The summed E-state index contributed by atoms with van der Waals surface area (Å²) in [4.78, 5) is 10.5. The lowest BCUT2D eigenvalue weighted by Crippen LogP contribution is -2.13. The van der Waals surface area contributed by atoms with Crippen molar-refractivity contribution in [2.45, 2.75) is 18.9 Å². The van der Waals surface area contributed by atoms with Crippen LogP contribution in [0.1, 0.15) is 24.4 Å². The van der Waals surface area contributed by atoms with Crippen molar-refractivity contribution in [1.82, 2.24) is 0 Å². The summed E-state index contributed by atoms with van der Waals surface area (Å²) < 4.78 is 5.01. The van der Waals surface area contributed by atoms with Crippen LogP contribution in [0, 0.1) is 0 Å². The first kappa shape index (κ1) is 14.1. The Morgan fingerprint density at radius 1 is 1.47 bits per heavy atom. The zero-order chi connectivity index (χ0) is 13.0. The molecule has 6 heteroatoms. The zero-order valence-corrected chi connectivity index (χ0v) is 10.8. The highest BCUT2D eigenvalue weighted by Gasteiger charge is 2.15. The van der Waals surface area contributed by atoms with Crippen molar-refractivity contribution in [3.05, 3.63) is 27.7 Å². The average molecular weight is 278 g/mol. The molecule has 1 aromatic carbocycles. The maximum absolute atomic E-state index is 10.5. The van der Waals surface area contributed by atoms with E-state index in [4.69, 9.17) is 38.8 Å². The number of methoxy groups -OCH3 is 1. The number of halogens is 2. The fraction of sp³-hybridized carbons (Fsp3) is 0.364. The van der Waals surface area contributed by atoms with Gasteiger partial charge in [0.05, 0.1) is 12.1 Å². The second-order valence-electron chi connectivity index (χ2n) is 3.55. The van der Waals surface area contributed by atoms with Crippen LogP contribution in [0.25, 0.3) is 0 Å². The van der Waals surface area contributed by atoms with Gasteiger partial charge in [0.15, 0.2) is 0 Å². The number of carboxylic acids is 1. The van der Waals surface area contributed by atoms with Crippen LogP contribution in [-0.2, 0) is 4.79 Å². The van der Waals surface area contributed by atoms with Gasteiger partial charge in [0.25, 0.3) is 0 Å². The van der Waals surface area contributed by atoms with E-state index in [2.05, 4.69) is 0 Å². The normalized spacial score (nSPS) is 12.2. The molecule has 94 valence electrons. The third kappa shape index (κ3) is 3.77. The fourth-order valence-corrected chi connectivity index (χ4v) is 1.96. The minimum absolute atomic E-state index is 0.0128. The van der Waals surface area contributed by atoms with Crippen LogP contribution < -0.4 is 10.5 Å². The van der Waals surface area contributed by atoms with Gasteiger partial charge in [-0.1, -0.05) is 23.2 Å². The summed E-state index contributed by atoms with van der Waals surface area (Å²) in [7, 11) is 1.49. The molecule has 1 atom stereocenters. The highest BCUT2D eigenvalue weighted by Crippen LogP contribution is 2.34. The van der Waals surface area contributed by atoms with Crippen LogP contribution in [0.15, 0.2) is 12.1 Å². The molecule has 0 aliphatic carbocycles. The summed E-state index contributed by atoms with van der Waals surface area (Å²) in [5.41, 5.74) is 6.48. The van der Waals surface area contributed by atoms with Gasteiger partial charge in [-0.25, -0.2) is 0 Å². The molecule has 0 saturated carbocycles. The summed E-state index contributed by atoms with van der Waals surface area (Å²) in [6, 6.07) is 2.72. The molecule has 0 radical (unpaired) electrons. The van der Waals surface area contributed by atoms with Crippen LogP contribution in [0.4, 0.5) is 0 Å². The van der Waals surface area contributed by atoms with Crippen molar-refractivity contribution in [3.8, 4) is 5.75 Å². The lowest BCUT2D eigenvalue weighted by atomic mass is 10.0. The zero-order valence-electron chi connectivity index (χ0n) is 9.24. The van der Waals surface area contributed by atoms with E-state index in [9.17, 15) is 4.79 Å². The number of carboxylic acid groups (broad SMARTS) is 1. The number of benzene rings is 1. The van der Waals surface area contributed by atoms with Crippen molar-refractivity contribution in [2.75, 3.05) is 7.11 Å². The van der Waals surface area contributed by atoms with Crippen molar-refractivity contribution in [1.29, 1.82) is 0 Å². The van der Waals surface area contributed by atoms with E-state index in [1.807, 2.05) is 0 Å². The molecular formula is C11H13Cl2NO3. The quantitative estimate of drug-likeness (QED) is 0.868. The minimum atomic E-state index is -0.892. The Morgan fingerprint density at radius 2 is 2.12 bits per heavy atom. The molecule has 0 bridgehead atoms. The Balaban J connectivity index is 2.90. The molecular weight excluding hydrogens is 265 g/mol. The Morgan fingerprint density at radius 3 is 2.65 bits per heavy atom. The fourth-order valence-electron chi connectivity index (χ4n) is 1.42. The Labute approximate surface area is 109 Å². The number of rotatable bonds is 5. The number of carbonyl (C=O) groups is 1. The molecule has 0 aliphatic heterocycles. The number of nitrogens with two attached hydrogens (primary N) is 1. The van der Waals surface area contributed by atoms with E-state index < -0.39 is 12.0 Å². The number of ether oxygens (including phenoxy) is 1. The van der Waals surface area contributed by atoms with Gasteiger partial charge in [-0.15, -0.1) is 0 Å². The standard InChI is InChI=1S/C11H13Cl2NO3/c1-17-10-5-7(12)6(4-8(10)13)9(14)2-3-11(15)16/h4-5,9H,2-3,14H2,1H3,(H,15,16). The van der Waals surface area contributed by atoms with Gasteiger partial charge in [-0.2, -0.15) is 0 Å². The predicted octanol–water partition coefficient (Wildman–Crippen LogP) is 2.87. The van der Waals surface area contributed by atoms with Crippen LogP contribution in [-0.4, -0.2) is 18.2 Å². The molecule has 0 amide bonds. The SMILES string of the molecule is COc1cc(Cl)c(C(N)CCC(=O)O)cc1Cl. The van der Waals surface area contributed by atoms with Crippen LogP contribution in [0.5, 0.6) is 5.75 Å². The molecule has 3 N–H and O–H groups in total. The van der Waals surface area contributed by atoms with Gasteiger partial charge in [0, 0.05) is 23.6 Å². The van der Waals surface area contributed by atoms with Crippen molar-refractivity contribution < 1.29 is 14.6 Å². The smallest absolute Gasteiger partial charge is 0.303 e. The second kappa shape index (κ2) is 6.10. The Bertz CT molecular complexity index is 423. The molecule has 0 heterocycles. The molecule has 17 heavy (non-hydrogen) atoms. The number of hydrogen-bond donors (Lipinski definition) is 2. The molecule has 0 aliphatic rings. The first-order valence-corrected chi connectivity index (χ1v) is 5.71. The Hall–Kier alpha value is -0.970. The first-order chi connectivity index (χ1) is 7.95. The van der Waals surface area contributed by atoms with E-state index in [0.717, 1.165) is 0 Å². The minimum Gasteiger partial charge on any atom is -0.495 e. The largest absolute Gasteiger partial charge is 0.495 e. The van der Waals surface area contributed by atoms with E-state index in [0.29, 0.717) is 27.8 Å². The second-order valence-corrected chi connectivity index (χ2v) is 4.36. The third-order valence-corrected chi connectivity index (χ3v) is 2.96. The van der Waals surface area contributed by atoms with Crippen LogP contribution in [0.2, 0.25) is 10.0 Å². The molecule has 0 spiro atoms. The van der Waals surface area contributed by atoms with E-state index >= 15 is 0 Å². The molecule has 4 nitrogen and oxygen atoms in total. The average Bonchev–Trinajstić information content (AvgIpc) is 2.28. The van der Waals surface area contributed by atoms with Gasteiger partial charge in [-0.05, 0) is 18.1 Å². The van der Waals surface area contributed by atoms with E-state index in [1.54, 1.807) is 12.1 Å². The summed E-state index contributed by atoms with van der Waals surface area (Å²) in [5, 5.41) is 9.40. The van der Waals surface area contributed by atoms with Gasteiger partial charge < -0.3 is 15.6 Å². The topological polar surface area (TPSA) is 72.5 Å². The molecule has 1 rings (SSSR count). The van der Waals surface area contributed by atoms with Crippen molar-refractivity contribution in [3.63, 3.8) is 0 Å². The van der Waals surface area contributed by atoms with Gasteiger partial charge >= 0.3 is 5.97 Å². The van der Waals surface area contributed by atoms with Crippen LogP contribution >= 0.6 is 23.2 Å². The highest BCUT2D eigenvalue weighted by atomic mass is 35.5. The van der Waals surface area contributed by atoms with Gasteiger partial charge in [0.2, 0.25) is 0 Å². The van der Waals surface area contributed by atoms with E-state index in [1.165, 1.54) is 7.11 Å². The maximum atomic E-state index is 10.5. The Kier molecular flexibility index (Phi) is 5.05. The highest BCUT2D eigenvalue weighted by molar-refractivity contribution is 6.34. The number of hydrogen-bond acceptors (Lipinski definition) is 3. The van der Waals surface area contributed by atoms with Crippen molar-refractivity contribution >= 4 is 29.2 Å². The van der Waals surface area contributed by atoms with Crippen LogP contribution in [0.3, 0.4) is 0 Å². The maximum Gasteiger partial charge on any atom is 0.303 e. The lowest BCUT2D eigenvalue weighted by Gasteiger charge is -2.14. The molecule has 0 aromatic heterocycles. The molecule has 0 fully saturated rings. The summed E-state index contributed by atoms with van der Waals surface area (Å²) in [6.07, 6.45) is 0.291. The third-order valence-electron chi connectivity index (χ3n) is 2.34. The number of aliphatic carboxylic acids is 1. The van der Waals surface area contributed by atoms with Gasteiger partial charge in [-0.3, -0.25) is 4.79 Å². The van der Waals surface area contributed by atoms with Crippen molar-refractivity contribution in [2.24, 2.45) is 5.73 Å². The molecule has 1 aromatic rings. The summed E-state index contributed by atoms with van der Waals surface area (Å²) in [6.45, 7) is 0. The monoisotopic (exact) mass is 277 g/mol. The predicted molar refractivity (Wildman–Crippen MR) is 66.8 cm³/mol.